The van der Waals surface area contributed by atoms with Crippen LogP contribution < -0.4 is 16.0 Å². The Labute approximate surface area is 155 Å². The smallest absolute Gasteiger partial charge is 0.249 e. The van der Waals surface area contributed by atoms with Gasteiger partial charge in [-0.1, -0.05) is 35.9 Å². The number of nitrogens with zero attached hydrogens (tertiary/aromatic N) is 3. The van der Waals surface area contributed by atoms with E-state index >= 15 is 0 Å². The minimum Gasteiger partial charge on any atom is -0.364 e. The maximum atomic E-state index is 11.2. The van der Waals surface area contributed by atoms with Crippen molar-refractivity contribution < 1.29 is 4.79 Å². The SMILES string of the molecule is CC(=O)Nc1cccc(Nc2nncc(NCc3ccccc3Cl)n2)c1. The molecular formula is C18H17ClN6O. The minimum absolute atomic E-state index is 0.133. The number of hydrogen-bond donors (Lipinski definition) is 3. The summed E-state index contributed by atoms with van der Waals surface area (Å²) in [6, 6.07) is 14.8. The fourth-order valence-electron chi connectivity index (χ4n) is 2.28. The number of rotatable bonds is 6. The largest absolute Gasteiger partial charge is 0.364 e. The Balaban J connectivity index is 1.67. The molecule has 1 amide bonds. The summed E-state index contributed by atoms with van der Waals surface area (Å²) in [5.74, 6) is 0.778. The Kier molecular flexibility index (Phi) is 5.60. The molecule has 7 nitrogen and oxygen atoms in total. The second-order valence-electron chi connectivity index (χ2n) is 5.50. The Hall–Kier alpha value is -3.19. The van der Waals surface area contributed by atoms with Crippen molar-refractivity contribution in [2.24, 2.45) is 0 Å². The average Bonchev–Trinajstić information content (AvgIpc) is 2.61. The standard InChI is InChI=1S/C18H17ClN6O/c1-12(26)22-14-6-4-7-15(9-14)23-18-24-17(11-21-25-18)20-10-13-5-2-3-8-16(13)19/h2-9,11H,10H2,1H3,(H,22,26)(H2,20,23,24,25). The Morgan fingerprint density at radius 3 is 2.73 bits per heavy atom. The number of nitrogens with one attached hydrogen (secondary N) is 3. The molecule has 3 rings (SSSR count). The van der Waals surface area contributed by atoms with Crippen LogP contribution in [0.2, 0.25) is 5.02 Å². The number of carbonyl (C=O) groups is 1. The third-order valence-corrected chi connectivity index (χ3v) is 3.78. The van der Waals surface area contributed by atoms with Gasteiger partial charge >= 0.3 is 0 Å². The number of anilines is 4. The van der Waals surface area contributed by atoms with Gasteiger partial charge in [-0.2, -0.15) is 10.1 Å². The van der Waals surface area contributed by atoms with E-state index in [9.17, 15) is 4.79 Å². The van der Waals surface area contributed by atoms with Crippen molar-refractivity contribution in [3.63, 3.8) is 0 Å². The summed E-state index contributed by atoms with van der Waals surface area (Å²) in [7, 11) is 0. The summed E-state index contributed by atoms with van der Waals surface area (Å²) in [6.45, 7) is 1.98. The summed E-state index contributed by atoms with van der Waals surface area (Å²) in [6.07, 6.45) is 1.54. The zero-order chi connectivity index (χ0) is 18.4. The van der Waals surface area contributed by atoms with Gasteiger partial charge in [0.25, 0.3) is 0 Å². The number of halogens is 1. The van der Waals surface area contributed by atoms with E-state index in [1.54, 1.807) is 12.1 Å². The first-order chi connectivity index (χ1) is 12.6. The Bertz CT molecular complexity index is 917. The molecule has 0 radical (unpaired) electrons. The minimum atomic E-state index is -0.133. The lowest BCUT2D eigenvalue weighted by molar-refractivity contribution is -0.114. The third-order valence-electron chi connectivity index (χ3n) is 3.42. The van der Waals surface area contributed by atoms with Gasteiger partial charge in [0.05, 0.1) is 6.20 Å². The first-order valence-electron chi connectivity index (χ1n) is 7.92. The first kappa shape index (κ1) is 17.6. The van der Waals surface area contributed by atoms with Gasteiger partial charge in [0.1, 0.15) is 0 Å². The molecule has 3 aromatic rings. The zero-order valence-corrected chi connectivity index (χ0v) is 14.8. The molecule has 0 bridgehead atoms. The fraction of sp³-hybridized carbons (Fsp3) is 0.111. The summed E-state index contributed by atoms with van der Waals surface area (Å²) >= 11 is 6.15. The number of benzene rings is 2. The topological polar surface area (TPSA) is 91.8 Å². The average molecular weight is 369 g/mol. The number of carbonyl (C=O) groups excluding carboxylic acids is 1. The van der Waals surface area contributed by atoms with Gasteiger partial charge in [-0.3, -0.25) is 4.79 Å². The molecule has 0 aliphatic carbocycles. The lowest BCUT2D eigenvalue weighted by Crippen LogP contribution is -2.07. The predicted octanol–water partition coefficient (Wildman–Crippen LogP) is 3.84. The molecule has 0 aliphatic heterocycles. The van der Waals surface area contributed by atoms with Gasteiger partial charge in [0.15, 0.2) is 5.82 Å². The van der Waals surface area contributed by atoms with E-state index in [4.69, 9.17) is 11.6 Å². The van der Waals surface area contributed by atoms with Crippen LogP contribution in [0.25, 0.3) is 0 Å². The van der Waals surface area contributed by atoms with Crippen LogP contribution >= 0.6 is 11.6 Å². The zero-order valence-electron chi connectivity index (χ0n) is 14.0. The fourth-order valence-corrected chi connectivity index (χ4v) is 2.48. The normalized spacial score (nSPS) is 10.2. The van der Waals surface area contributed by atoms with Gasteiger partial charge in [-0.05, 0) is 29.8 Å². The van der Waals surface area contributed by atoms with Crippen molar-refractivity contribution in [2.75, 3.05) is 16.0 Å². The summed E-state index contributed by atoms with van der Waals surface area (Å²) < 4.78 is 0. The molecule has 1 heterocycles. The van der Waals surface area contributed by atoms with Crippen molar-refractivity contribution in [1.82, 2.24) is 15.2 Å². The van der Waals surface area contributed by atoms with Crippen LogP contribution in [-0.4, -0.2) is 21.1 Å². The van der Waals surface area contributed by atoms with Crippen LogP contribution in [0.15, 0.2) is 54.7 Å². The molecule has 0 unspecified atom stereocenters. The van der Waals surface area contributed by atoms with E-state index in [-0.39, 0.29) is 5.91 Å². The van der Waals surface area contributed by atoms with E-state index < -0.39 is 0 Å². The number of aromatic nitrogens is 3. The van der Waals surface area contributed by atoms with Crippen molar-refractivity contribution in [1.29, 1.82) is 0 Å². The van der Waals surface area contributed by atoms with Crippen molar-refractivity contribution >= 4 is 40.6 Å². The monoisotopic (exact) mass is 368 g/mol. The molecule has 2 aromatic carbocycles. The van der Waals surface area contributed by atoms with Crippen LogP contribution in [0.5, 0.6) is 0 Å². The highest BCUT2D eigenvalue weighted by molar-refractivity contribution is 6.31. The van der Waals surface area contributed by atoms with E-state index in [1.807, 2.05) is 36.4 Å². The Morgan fingerprint density at radius 1 is 1.12 bits per heavy atom. The van der Waals surface area contributed by atoms with Crippen LogP contribution in [0.4, 0.5) is 23.1 Å². The highest BCUT2D eigenvalue weighted by atomic mass is 35.5. The second-order valence-corrected chi connectivity index (χ2v) is 5.90. The predicted molar refractivity (Wildman–Crippen MR) is 103 cm³/mol. The molecule has 8 heteroatoms. The molecule has 0 saturated heterocycles. The van der Waals surface area contributed by atoms with E-state index in [2.05, 4.69) is 31.1 Å². The van der Waals surface area contributed by atoms with Gasteiger partial charge in [0.2, 0.25) is 11.9 Å². The molecule has 0 fully saturated rings. The Morgan fingerprint density at radius 2 is 1.92 bits per heavy atom. The van der Waals surface area contributed by atoms with Crippen LogP contribution in [-0.2, 0) is 11.3 Å². The quantitative estimate of drug-likeness (QED) is 0.612. The first-order valence-corrected chi connectivity index (χ1v) is 8.29. The van der Waals surface area contributed by atoms with Crippen LogP contribution in [0.3, 0.4) is 0 Å². The van der Waals surface area contributed by atoms with Crippen molar-refractivity contribution in [3.8, 4) is 0 Å². The summed E-state index contributed by atoms with van der Waals surface area (Å²) in [4.78, 5) is 15.5. The molecule has 0 spiro atoms. The maximum absolute atomic E-state index is 11.2. The van der Waals surface area contributed by atoms with Gasteiger partial charge < -0.3 is 16.0 Å². The summed E-state index contributed by atoms with van der Waals surface area (Å²) in [5, 5.41) is 17.6. The van der Waals surface area contributed by atoms with Crippen LogP contribution in [0.1, 0.15) is 12.5 Å². The second kappa shape index (κ2) is 8.26. The number of amides is 1. The lowest BCUT2D eigenvalue weighted by Gasteiger charge is -2.09. The summed E-state index contributed by atoms with van der Waals surface area (Å²) in [5.41, 5.74) is 2.38. The van der Waals surface area contributed by atoms with Crippen molar-refractivity contribution in [3.05, 3.63) is 65.3 Å². The lowest BCUT2D eigenvalue weighted by atomic mass is 10.2. The molecule has 0 saturated carbocycles. The number of hydrogen-bond acceptors (Lipinski definition) is 6. The molecular weight excluding hydrogens is 352 g/mol. The maximum Gasteiger partial charge on any atom is 0.249 e. The van der Waals surface area contributed by atoms with E-state index in [1.165, 1.54) is 13.1 Å². The van der Waals surface area contributed by atoms with Gasteiger partial charge in [-0.15, -0.1) is 5.10 Å². The van der Waals surface area contributed by atoms with E-state index in [0.29, 0.717) is 29.0 Å². The van der Waals surface area contributed by atoms with Gasteiger partial charge in [0, 0.05) is 29.9 Å². The molecule has 3 N–H and O–H groups in total. The molecule has 0 aliphatic rings. The van der Waals surface area contributed by atoms with Gasteiger partial charge in [-0.25, -0.2) is 0 Å². The highest BCUT2D eigenvalue weighted by Crippen LogP contribution is 2.19. The molecule has 1 aromatic heterocycles. The van der Waals surface area contributed by atoms with Crippen molar-refractivity contribution in [2.45, 2.75) is 13.5 Å². The molecule has 132 valence electrons. The third kappa shape index (κ3) is 4.90. The van der Waals surface area contributed by atoms with Crippen LogP contribution in [0, 0.1) is 0 Å². The highest BCUT2D eigenvalue weighted by Gasteiger charge is 2.04. The molecule has 0 atom stereocenters. The molecule has 26 heavy (non-hydrogen) atoms. The van der Waals surface area contributed by atoms with E-state index in [0.717, 1.165) is 11.3 Å².